The number of hydrogen-bond donors (Lipinski definition) is 1. The van der Waals surface area contributed by atoms with E-state index in [1.54, 1.807) is 11.1 Å². The highest BCUT2D eigenvalue weighted by Gasteiger charge is 2.47. The molecular weight excluding hydrogens is 336 g/mol. The van der Waals surface area contributed by atoms with Gasteiger partial charge in [0, 0.05) is 51.0 Å². The molecule has 3 heterocycles. The second kappa shape index (κ2) is 7.75. The van der Waals surface area contributed by atoms with E-state index in [-0.39, 0.29) is 24.5 Å². The van der Waals surface area contributed by atoms with Crippen molar-refractivity contribution in [3.05, 3.63) is 18.2 Å². The quantitative estimate of drug-likeness (QED) is 0.830. The van der Waals surface area contributed by atoms with Crippen molar-refractivity contribution in [2.24, 2.45) is 0 Å². The van der Waals surface area contributed by atoms with E-state index in [1.165, 1.54) is 0 Å². The van der Waals surface area contributed by atoms with Gasteiger partial charge in [-0.15, -0.1) is 0 Å². The van der Waals surface area contributed by atoms with Crippen LogP contribution in [0.2, 0.25) is 0 Å². The normalized spacial score (nSPS) is 21.7. The number of imidazole rings is 1. The van der Waals surface area contributed by atoms with E-state index in [4.69, 9.17) is 9.47 Å². The van der Waals surface area contributed by atoms with Gasteiger partial charge < -0.3 is 24.3 Å². The first kappa shape index (κ1) is 18.8. The Hall–Kier alpha value is -1.93. The fourth-order valence-corrected chi connectivity index (χ4v) is 3.65. The lowest BCUT2D eigenvalue weighted by Crippen LogP contribution is -2.55. The van der Waals surface area contributed by atoms with Crippen LogP contribution >= 0.6 is 0 Å². The predicted molar refractivity (Wildman–Crippen MR) is 94.4 cm³/mol. The lowest BCUT2D eigenvalue weighted by atomic mass is 9.88. The fraction of sp³-hybridized carbons (Fsp3) is 0.722. The predicted octanol–water partition coefficient (Wildman–Crippen LogP) is 0.661. The minimum atomic E-state index is -0.622. The molecule has 0 aromatic carbocycles. The standard InChI is InChI=1S/C18H28N4O4/c1-4-25-12-15(23)21-8-5-18(6-9-21)17-19-7-10-22(17)11-14(26-18)16(24)20-13(2)3/h7,10,13-14H,4-6,8-9,11-12H2,1-3H3,(H,20,24)/t14-/m0/s1. The number of piperidine rings is 1. The highest BCUT2D eigenvalue weighted by Crippen LogP contribution is 2.40. The minimum absolute atomic E-state index is 0.00467. The molecule has 2 aliphatic heterocycles. The van der Waals surface area contributed by atoms with Crippen molar-refractivity contribution < 1.29 is 19.1 Å². The Labute approximate surface area is 153 Å². The van der Waals surface area contributed by atoms with Crippen LogP contribution in [0.25, 0.3) is 0 Å². The summed E-state index contributed by atoms with van der Waals surface area (Å²) >= 11 is 0. The van der Waals surface area contributed by atoms with Crippen LogP contribution in [-0.4, -0.2) is 64.7 Å². The number of nitrogens with zero attached hydrogens (tertiary/aromatic N) is 3. The van der Waals surface area contributed by atoms with E-state index in [2.05, 4.69) is 10.3 Å². The van der Waals surface area contributed by atoms with Crippen molar-refractivity contribution in [1.82, 2.24) is 19.8 Å². The molecule has 1 saturated heterocycles. The van der Waals surface area contributed by atoms with Crippen LogP contribution in [-0.2, 0) is 31.2 Å². The summed E-state index contributed by atoms with van der Waals surface area (Å²) in [6, 6.07) is 0.0595. The monoisotopic (exact) mass is 364 g/mol. The number of nitrogens with one attached hydrogen (secondary N) is 1. The average molecular weight is 364 g/mol. The molecule has 1 N–H and O–H groups in total. The van der Waals surface area contributed by atoms with Gasteiger partial charge in [-0.25, -0.2) is 4.98 Å². The van der Waals surface area contributed by atoms with Crippen LogP contribution in [0, 0.1) is 0 Å². The van der Waals surface area contributed by atoms with Crippen molar-refractivity contribution in [3.8, 4) is 0 Å². The largest absolute Gasteiger partial charge is 0.372 e. The number of carbonyl (C=O) groups is 2. The van der Waals surface area contributed by atoms with Gasteiger partial charge in [0.1, 0.15) is 18.0 Å². The zero-order chi connectivity index (χ0) is 18.7. The molecule has 1 aromatic heterocycles. The van der Waals surface area contributed by atoms with Crippen LogP contribution < -0.4 is 5.32 Å². The van der Waals surface area contributed by atoms with Gasteiger partial charge in [-0.3, -0.25) is 9.59 Å². The molecule has 1 aromatic rings. The summed E-state index contributed by atoms with van der Waals surface area (Å²) in [6.45, 7) is 7.96. The van der Waals surface area contributed by atoms with Crippen molar-refractivity contribution in [2.45, 2.75) is 57.9 Å². The fourth-order valence-electron chi connectivity index (χ4n) is 3.65. The van der Waals surface area contributed by atoms with Gasteiger partial charge in [-0.05, 0) is 20.8 Å². The van der Waals surface area contributed by atoms with E-state index in [9.17, 15) is 9.59 Å². The van der Waals surface area contributed by atoms with Crippen LogP contribution in [0.15, 0.2) is 12.4 Å². The molecule has 0 unspecified atom stereocenters. The van der Waals surface area contributed by atoms with E-state index in [0.717, 1.165) is 5.82 Å². The molecule has 144 valence electrons. The van der Waals surface area contributed by atoms with E-state index < -0.39 is 11.7 Å². The van der Waals surface area contributed by atoms with Crippen molar-refractivity contribution >= 4 is 11.8 Å². The molecule has 2 aliphatic rings. The smallest absolute Gasteiger partial charge is 0.251 e. The summed E-state index contributed by atoms with van der Waals surface area (Å²) < 4.78 is 13.5. The Morgan fingerprint density at radius 1 is 1.42 bits per heavy atom. The molecule has 0 aliphatic carbocycles. The number of hydrogen-bond acceptors (Lipinski definition) is 5. The van der Waals surface area contributed by atoms with E-state index >= 15 is 0 Å². The molecule has 8 heteroatoms. The van der Waals surface area contributed by atoms with Gasteiger partial charge in [0.25, 0.3) is 5.91 Å². The molecule has 3 rings (SSSR count). The van der Waals surface area contributed by atoms with Crippen LogP contribution in [0.4, 0.5) is 0 Å². The minimum Gasteiger partial charge on any atom is -0.372 e. The molecule has 26 heavy (non-hydrogen) atoms. The summed E-state index contributed by atoms with van der Waals surface area (Å²) in [6.07, 6.45) is 4.32. The number of rotatable bonds is 5. The van der Waals surface area contributed by atoms with Gasteiger partial charge in [-0.2, -0.15) is 0 Å². The zero-order valence-corrected chi connectivity index (χ0v) is 15.7. The molecule has 0 radical (unpaired) electrons. The topological polar surface area (TPSA) is 85.7 Å². The maximum Gasteiger partial charge on any atom is 0.251 e. The lowest BCUT2D eigenvalue weighted by Gasteiger charge is -2.45. The van der Waals surface area contributed by atoms with Gasteiger partial charge in [0.2, 0.25) is 5.91 Å². The molecular formula is C18H28N4O4. The third kappa shape index (κ3) is 3.76. The Kier molecular flexibility index (Phi) is 5.62. The highest BCUT2D eigenvalue weighted by atomic mass is 16.5. The van der Waals surface area contributed by atoms with E-state index in [0.29, 0.717) is 39.1 Å². The van der Waals surface area contributed by atoms with Crippen molar-refractivity contribution in [2.75, 3.05) is 26.3 Å². The average Bonchev–Trinajstić information content (AvgIpc) is 3.09. The highest BCUT2D eigenvalue weighted by molar-refractivity contribution is 5.81. The SMILES string of the molecule is CCOCC(=O)N1CCC2(CC1)O[C@H](C(=O)NC(C)C)Cn1ccnc12. The first-order chi connectivity index (χ1) is 12.4. The maximum atomic E-state index is 12.5. The molecule has 2 amide bonds. The van der Waals surface area contributed by atoms with Gasteiger partial charge >= 0.3 is 0 Å². The number of carbonyl (C=O) groups excluding carboxylic acids is 2. The van der Waals surface area contributed by atoms with Crippen LogP contribution in [0.5, 0.6) is 0 Å². The van der Waals surface area contributed by atoms with E-state index in [1.807, 2.05) is 31.5 Å². The third-order valence-electron chi connectivity index (χ3n) is 4.93. The van der Waals surface area contributed by atoms with Gasteiger partial charge in [0.05, 0.1) is 6.54 Å². The molecule has 0 saturated carbocycles. The molecule has 1 atom stereocenters. The number of amides is 2. The number of ether oxygens (including phenoxy) is 2. The van der Waals surface area contributed by atoms with Crippen LogP contribution in [0.1, 0.15) is 39.4 Å². The van der Waals surface area contributed by atoms with Crippen molar-refractivity contribution in [3.63, 3.8) is 0 Å². The number of aromatic nitrogens is 2. The third-order valence-corrected chi connectivity index (χ3v) is 4.93. The Bertz CT molecular complexity index is 649. The summed E-state index contributed by atoms with van der Waals surface area (Å²) in [7, 11) is 0. The molecule has 1 spiro atoms. The maximum absolute atomic E-state index is 12.5. The summed E-state index contributed by atoms with van der Waals surface area (Å²) in [4.78, 5) is 31.0. The van der Waals surface area contributed by atoms with Crippen LogP contribution in [0.3, 0.4) is 0 Å². The second-order valence-corrected chi connectivity index (χ2v) is 7.19. The Morgan fingerprint density at radius 3 is 2.81 bits per heavy atom. The Morgan fingerprint density at radius 2 is 2.15 bits per heavy atom. The number of fused-ring (bicyclic) bond motifs is 2. The first-order valence-electron chi connectivity index (χ1n) is 9.30. The van der Waals surface area contributed by atoms with Gasteiger partial charge in [0.15, 0.2) is 6.10 Å². The van der Waals surface area contributed by atoms with Crippen molar-refractivity contribution in [1.29, 1.82) is 0 Å². The second-order valence-electron chi connectivity index (χ2n) is 7.19. The van der Waals surface area contributed by atoms with Gasteiger partial charge in [-0.1, -0.05) is 0 Å². The summed E-state index contributed by atoms with van der Waals surface area (Å²) in [5, 5.41) is 2.93. The lowest BCUT2D eigenvalue weighted by molar-refractivity contribution is -0.176. The molecule has 0 bridgehead atoms. The summed E-state index contributed by atoms with van der Waals surface area (Å²) in [5.74, 6) is 0.742. The zero-order valence-electron chi connectivity index (χ0n) is 15.7. The molecule has 8 nitrogen and oxygen atoms in total. The first-order valence-corrected chi connectivity index (χ1v) is 9.30. The Balaban J connectivity index is 1.73. The summed E-state index contributed by atoms with van der Waals surface area (Å²) in [5.41, 5.74) is -0.622. The number of likely N-dealkylation sites (tertiary alicyclic amines) is 1. The molecule has 1 fully saturated rings.